The lowest BCUT2D eigenvalue weighted by molar-refractivity contribution is 0.632. The zero-order valence-electron chi connectivity index (χ0n) is 8.16. The van der Waals surface area contributed by atoms with Crippen molar-refractivity contribution in [1.82, 2.24) is 0 Å². The molecular formula is C13H16. The van der Waals surface area contributed by atoms with Crippen LogP contribution in [0, 0.1) is 19.8 Å². The van der Waals surface area contributed by atoms with Gasteiger partial charge in [-0.2, -0.15) is 0 Å². The normalized spacial score (nSPS) is 18.8. The zero-order chi connectivity index (χ0) is 9.10. The molecule has 0 nitrogen and oxygen atoms in total. The second-order valence-corrected chi connectivity index (χ2v) is 3.85. The average Bonchev–Trinajstić information content (AvgIpc) is 2.20. The summed E-state index contributed by atoms with van der Waals surface area (Å²) in [5, 5.41) is 0. The van der Waals surface area contributed by atoms with Gasteiger partial charge in [0.25, 0.3) is 0 Å². The Morgan fingerprint density at radius 2 is 1.85 bits per heavy atom. The predicted octanol–water partition coefficient (Wildman–Crippen LogP) is 3.67. The van der Waals surface area contributed by atoms with E-state index in [0.29, 0.717) is 5.92 Å². The van der Waals surface area contributed by atoms with E-state index in [2.05, 4.69) is 44.0 Å². The fourth-order valence-corrected chi connectivity index (χ4v) is 1.89. The fourth-order valence-electron chi connectivity index (χ4n) is 1.89. The molecular weight excluding hydrogens is 156 g/mol. The summed E-state index contributed by atoms with van der Waals surface area (Å²) in [6.45, 7) is 2.14. The van der Waals surface area contributed by atoms with Crippen molar-refractivity contribution in [3.05, 3.63) is 48.2 Å². The van der Waals surface area contributed by atoms with Crippen LogP contribution in [0.4, 0.5) is 0 Å². The second-order valence-electron chi connectivity index (χ2n) is 3.85. The molecule has 0 heteroatoms. The summed E-state index contributed by atoms with van der Waals surface area (Å²) in [7, 11) is 0. The summed E-state index contributed by atoms with van der Waals surface area (Å²) in [6.07, 6.45) is 8.60. The first-order chi connectivity index (χ1) is 6.36. The molecule has 0 aromatic heterocycles. The highest BCUT2D eigenvalue weighted by Crippen LogP contribution is 2.30. The highest BCUT2D eigenvalue weighted by molar-refractivity contribution is 5.27. The lowest BCUT2D eigenvalue weighted by Crippen LogP contribution is -2.05. The van der Waals surface area contributed by atoms with Crippen LogP contribution >= 0.6 is 0 Å². The van der Waals surface area contributed by atoms with Gasteiger partial charge < -0.3 is 0 Å². The van der Waals surface area contributed by atoms with E-state index in [1.807, 2.05) is 0 Å². The summed E-state index contributed by atoms with van der Waals surface area (Å²) >= 11 is 0. The van der Waals surface area contributed by atoms with E-state index in [0.717, 1.165) is 0 Å². The molecule has 1 aliphatic carbocycles. The quantitative estimate of drug-likeness (QED) is 0.606. The Hall–Kier alpha value is -0.780. The lowest BCUT2D eigenvalue weighted by Gasteiger charge is -2.21. The topological polar surface area (TPSA) is 0 Å². The van der Waals surface area contributed by atoms with Crippen molar-refractivity contribution in [1.29, 1.82) is 0 Å². The van der Waals surface area contributed by atoms with Crippen LogP contribution in [0.1, 0.15) is 36.3 Å². The highest BCUT2D eigenvalue weighted by atomic mass is 14.2. The molecule has 0 amide bonds. The van der Waals surface area contributed by atoms with Crippen LogP contribution in [0.15, 0.2) is 24.3 Å². The van der Waals surface area contributed by atoms with Gasteiger partial charge in [-0.1, -0.05) is 29.8 Å². The van der Waals surface area contributed by atoms with Gasteiger partial charge in [0.15, 0.2) is 0 Å². The minimum Gasteiger partial charge on any atom is -0.0590 e. The molecule has 0 aliphatic heterocycles. The van der Waals surface area contributed by atoms with Crippen LogP contribution < -0.4 is 0 Å². The molecule has 0 spiro atoms. The van der Waals surface area contributed by atoms with Crippen molar-refractivity contribution < 1.29 is 0 Å². The van der Waals surface area contributed by atoms with E-state index < -0.39 is 0 Å². The van der Waals surface area contributed by atoms with Gasteiger partial charge in [-0.25, -0.2) is 0 Å². The molecule has 1 aromatic carbocycles. The molecule has 2 rings (SSSR count). The van der Waals surface area contributed by atoms with Crippen LogP contribution in [0.2, 0.25) is 0 Å². The maximum Gasteiger partial charge on any atom is -0.0128 e. The molecule has 0 heterocycles. The standard InChI is InChI=1S/C13H16/c1-11-7-9-13(10-8-11)12-5-3-2-4-6-12/h3,6-10,12H,2,4-5H2,1H3. The Bertz CT molecular complexity index is 252. The van der Waals surface area contributed by atoms with Gasteiger partial charge in [0, 0.05) is 0 Å². The van der Waals surface area contributed by atoms with E-state index in [1.165, 1.54) is 30.4 Å². The Morgan fingerprint density at radius 3 is 2.46 bits per heavy atom. The molecule has 13 heavy (non-hydrogen) atoms. The Morgan fingerprint density at radius 1 is 1.08 bits per heavy atom. The minimum absolute atomic E-state index is 0.675. The number of aryl methyl sites for hydroxylation is 1. The maximum atomic E-state index is 2.45. The first-order valence-corrected chi connectivity index (χ1v) is 5.08. The van der Waals surface area contributed by atoms with Gasteiger partial charge in [0.05, 0.1) is 0 Å². The highest BCUT2D eigenvalue weighted by Gasteiger charge is 2.14. The molecule has 1 unspecified atom stereocenters. The van der Waals surface area contributed by atoms with E-state index >= 15 is 0 Å². The molecule has 1 aliphatic rings. The average molecular weight is 172 g/mol. The van der Waals surface area contributed by atoms with Crippen LogP contribution in [0.3, 0.4) is 0 Å². The molecule has 1 atom stereocenters. The largest absolute Gasteiger partial charge is 0.0590 e. The van der Waals surface area contributed by atoms with Crippen molar-refractivity contribution >= 4 is 0 Å². The van der Waals surface area contributed by atoms with Gasteiger partial charge in [-0.3, -0.25) is 0 Å². The lowest BCUT2D eigenvalue weighted by atomic mass is 9.84. The van der Waals surface area contributed by atoms with Crippen molar-refractivity contribution in [3.63, 3.8) is 0 Å². The van der Waals surface area contributed by atoms with Gasteiger partial charge >= 0.3 is 0 Å². The Balaban J connectivity index is 2.10. The van der Waals surface area contributed by atoms with Crippen LogP contribution in [-0.4, -0.2) is 0 Å². The van der Waals surface area contributed by atoms with Crippen LogP contribution in [0.25, 0.3) is 0 Å². The van der Waals surface area contributed by atoms with E-state index in [9.17, 15) is 0 Å². The van der Waals surface area contributed by atoms with E-state index in [1.54, 1.807) is 0 Å². The van der Waals surface area contributed by atoms with Crippen molar-refractivity contribution in [2.75, 3.05) is 0 Å². The maximum absolute atomic E-state index is 2.45. The molecule has 1 fully saturated rings. The van der Waals surface area contributed by atoms with Crippen LogP contribution in [-0.2, 0) is 0 Å². The monoisotopic (exact) mass is 172 g/mol. The molecule has 1 aromatic rings. The molecule has 68 valence electrons. The first-order valence-electron chi connectivity index (χ1n) is 5.08. The summed E-state index contributed by atoms with van der Waals surface area (Å²) < 4.78 is 0. The third-order valence-corrected chi connectivity index (χ3v) is 2.75. The molecule has 1 saturated carbocycles. The number of hydrogen-bond acceptors (Lipinski definition) is 0. The first kappa shape index (κ1) is 8.80. The van der Waals surface area contributed by atoms with Gasteiger partial charge in [0.2, 0.25) is 0 Å². The smallest absolute Gasteiger partial charge is 0.0128 e. The summed E-state index contributed by atoms with van der Waals surface area (Å²) in [4.78, 5) is 0. The molecule has 0 N–H and O–H groups in total. The van der Waals surface area contributed by atoms with Crippen molar-refractivity contribution in [2.24, 2.45) is 0 Å². The van der Waals surface area contributed by atoms with Crippen molar-refractivity contribution in [3.8, 4) is 0 Å². The summed E-state index contributed by atoms with van der Waals surface area (Å²) in [5.74, 6) is 0.675. The Labute approximate surface area is 81.0 Å². The predicted molar refractivity (Wildman–Crippen MR) is 56.4 cm³/mol. The SMILES string of the molecule is Cc1ccc(C2[CH]CC[CH]C2)cc1. The minimum atomic E-state index is 0.675. The molecule has 0 bridgehead atoms. The van der Waals surface area contributed by atoms with Crippen LogP contribution in [0.5, 0.6) is 0 Å². The third kappa shape index (κ3) is 2.12. The molecule has 2 radical (unpaired) electrons. The van der Waals surface area contributed by atoms with Gasteiger partial charge in [-0.15, -0.1) is 0 Å². The van der Waals surface area contributed by atoms with Gasteiger partial charge in [-0.05, 0) is 50.5 Å². The second kappa shape index (κ2) is 3.95. The Kier molecular flexibility index (Phi) is 2.68. The van der Waals surface area contributed by atoms with E-state index in [4.69, 9.17) is 0 Å². The molecule has 0 saturated heterocycles. The fraction of sp³-hybridized carbons (Fsp3) is 0.385. The van der Waals surface area contributed by atoms with Crippen molar-refractivity contribution in [2.45, 2.75) is 32.1 Å². The third-order valence-electron chi connectivity index (χ3n) is 2.75. The van der Waals surface area contributed by atoms with E-state index in [-0.39, 0.29) is 0 Å². The number of hydrogen-bond donors (Lipinski definition) is 0. The summed E-state index contributed by atoms with van der Waals surface area (Å²) in [5.41, 5.74) is 2.82. The number of rotatable bonds is 1. The number of benzene rings is 1. The summed E-state index contributed by atoms with van der Waals surface area (Å²) in [6, 6.07) is 8.93. The zero-order valence-corrected chi connectivity index (χ0v) is 8.16. The van der Waals surface area contributed by atoms with Gasteiger partial charge in [0.1, 0.15) is 0 Å².